The van der Waals surface area contributed by atoms with Gasteiger partial charge in [-0.25, -0.2) is 4.39 Å². The van der Waals surface area contributed by atoms with Crippen LogP contribution in [0.5, 0.6) is 0 Å². The highest BCUT2D eigenvalue weighted by atomic mass is 19.1. The molecule has 1 aromatic carbocycles. The van der Waals surface area contributed by atoms with Gasteiger partial charge in [0, 0.05) is 18.7 Å². The van der Waals surface area contributed by atoms with Crippen LogP contribution < -0.4 is 0 Å². The minimum absolute atomic E-state index is 0.0814. The Hall–Kier alpha value is -2.31. The summed E-state index contributed by atoms with van der Waals surface area (Å²) < 4.78 is 27.6. The molecule has 0 heterocycles. The normalized spacial score (nSPS) is 10.4. The maximum atomic E-state index is 13.9. The van der Waals surface area contributed by atoms with Gasteiger partial charge in [-0.3, -0.25) is 14.9 Å². The van der Waals surface area contributed by atoms with Gasteiger partial charge in [0.1, 0.15) is 11.4 Å². The molecule has 0 aliphatic rings. The fourth-order valence-corrected chi connectivity index (χ4v) is 1.69. The number of carbonyl (C=O) groups is 1. The summed E-state index contributed by atoms with van der Waals surface area (Å²) >= 11 is 0. The van der Waals surface area contributed by atoms with Crippen LogP contribution in [0.2, 0.25) is 0 Å². The Balaban J connectivity index is 3.37. The Labute approximate surface area is 114 Å². The molecule has 0 aliphatic carbocycles. The zero-order valence-electron chi connectivity index (χ0n) is 11.1. The Kier molecular flexibility index (Phi) is 4.90. The van der Waals surface area contributed by atoms with Crippen LogP contribution in [0, 0.1) is 21.7 Å². The molecular formula is C13H14F2N2O3. The number of hydrogen-bond acceptors (Lipinski definition) is 3. The molecule has 0 aromatic heterocycles. The van der Waals surface area contributed by atoms with Gasteiger partial charge < -0.3 is 4.90 Å². The lowest BCUT2D eigenvalue weighted by atomic mass is 10.1. The van der Waals surface area contributed by atoms with E-state index in [-0.39, 0.29) is 12.6 Å². The van der Waals surface area contributed by atoms with Gasteiger partial charge >= 0.3 is 5.69 Å². The number of hydrogen-bond donors (Lipinski definition) is 0. The average molecular weight is 284 g/mol. The molecule has 1 amide bonds. The molecule has 7 heteroatoms. The van der Waals surface area contributed by atoms with Crippen LogP contribution in [0.1, 0.15) is 24.2 Å². The maximum absolute atomic E-state index is 13.9. The molecule has 0 fully saturated rings. The predicted octanol–water partition coefficient (Wildman–Crippen LogP) is 2.91. The van der Waals surface area contributed by atoms with Gasteiger partial charge in [0.25, 0.3) is 5.91 Å². The van der Waals surface area contributed by atoms with Gasteiger partial charge in [0.2, 0.25) is 5.82 Å². The number of rotatable bonds is 5. The third kappa shape index (κ3) is 2.98. The van der Waals surface area contributed by atoms with Crippen molar-refractivity contribution in [2.45, 2.75) is 19.9 Å². The summed E-state index contributed by atoms with van der Waals surface area (Å²) in [5.74, 6) is -3.54. The molecule has 0 N–H and O–H groups in total. The third-order valence-corrected chi connectivity index (χ3v) is 2.69. The van der Waals surface area contributed by atoms with Crippen molar-refractivity contribution >= 4 is 11.6 Å². The monoisotopic (exact) mass is 284 g/mol. The molecule has 0 saturated carbocycles. The topological polar surface area (TPSA) is 63.5 Å². The van der Waals surface area contributed by atoms with Crippen LogP contribution in [0.3, 0.4) is 0 Å². The van der Waals surface area contributed by atoms with Crippen LogP contribution in [-0.4, -0.2) is 28.3 Å². The van der Waals surface area contributed by atoms with E-state index in [4.69, 9.17) is 0 Å². The molecule has 5 nitrogen and oxygen atoms in total. The molecule has 0 radical (unpaired) electrons. The fourth-order valence-electron chi connectivity index (χ4n) is 1.69. The van der Waals surface area contributed by atoms with Crippen molar-refractivity contribution in [2.24, 2.45) is 0 Å². The van der Waals surface area contributed by atoms with E-state index in [1.165, 1.54) is 6.08 Å². The second kappa shape index (κ2) is 6.23. The number of nitrogens with zero attached hydrogens (tertiary/aromatic N) is 2. The lowest BCUT2D eigenvalue weighted by molar-refractivity contribution is -0.387. The van der Waals surface area contributed by atoms with E-state index in [1.54, 1.807) is 13.8 Å². The van der Waals surface area contributed by atoms with Crippen LogP contribution >= 0.6 is 0 Å². The minimum atomic E-state index is -1.46. The molecule has 0 bridgehead atoms. The van der Waals surface area contributed by atoms with Gasteiger partial charge in [0.15, 0.2) is 0 Å². The van der Waals surface area contributed by atoms with E-state index in [0.29, 0.717) is 12.1 Å². The van der Waals surface area contributed by atoms with Crippen molar-refractivity contribution in [3.63, 3.8) is 0 Å². The van der Waals surface area contributed by atoms with Crippen molar-refractivity contribution in [1.82, 2.24) is 4.90 Å². The first-order chi connectivity index (χ1) is 9.31. The maximum Gasteiger partial charge on any atom is 0.305 e. The lowest BCUT2D eigenvalue weighted by Crippen LogP contribution is -2.38. The van der Waals surface area contributed by atoms with Crippen LogP contribution in [0.25, 0.3) is 0 Å². The first kappa shape index (κ1) is 15.7. The number of carbonyl (C=O) groups excluding carboxylic acids is 1. The predicted molar refractivity (Wildman–Crippen MR) is 69.4 cm³/mol. The van der Waals surface area contributed by atoms with Gasteiger partial charge in [-0.05, 0) is 19.9 Å². The largest absolute Gasteiger partial charge is 0.332 e. The van der Waals surface area contributed by atoms with Gasteiger partial charge in [0.05, 0.1) is 4.92 Å². The Morgan fingerprint density at radius 1 is 1.50 bits per heavy atom. The van der Waals surface area contributed by atoms with Crippen molar-refractivity contribution in [3.05, 3.63) is 52.1 Å². The summed E-state index contributed by atoms with van der Waals surface area (Å²) in [6.45, 7) is 6.86. The van der Waals surface area contributed by atoms with E-state index >= 15 is 0 Å². The Morgan fingerprint density at radius 2 is 2.10 bits per heavy atom. The second-order valence-electron chi connectivity index (χ2n) is 4.35. The van der Waals surface area contributed by atoms with E-state index in [9.17, 15) is 23.7 Å². The van der Waals surface area contributed by atoms with Crippen molar-refractivity contribution in [2.75, 3.05) is 6.54 Å². The summed E-state index contributed by atoms with van der Waals surface area (Å²) in [5.41, 5.74) is -1.85. The molecule has 20 heavy (non-hydrogen) atoms. The number of nitro groups is 1. The quantitative estimate of drug-likeness (QED) is 0.474. The van der Waals surface area contributed by atoms with Crippen LogP contribution in [-0.2, 0) is 0 Å². The van der Waals surface area contributed by atoms with Crippen molar-refractivity contribution in [1.29, 1.82) is 0 Å². The SMILES string of the molecule is C=CCN(C(=O)c1c(F)ccc([N+](=O)[O-])c1F)C(C)C. The molecule has 0 unspecified atom stereocenters. The van der Waals surface area contributed by atoms with Crippen LogP contribution in [0.4, 0.5) is 14.5 Å². The Bertz CT molecular complexity index is 559. The number of amides is 1. The smallest absolute Gasteiger partial charge is 0.305 e. The molecule has 0 aliphatic heterocycles. The molecule has 108 valence electrons. The summed E-state index contributed by atoms with van der Waals surface area (Å²) in [6.07, 6.45) is 1.41. The second-order valence-corrected chi connectivity index (χ2v) is 4.35. The highest BCUT2D eigenvalue weighted by Gasteiger charge is 2.29. The van der Waals surface area contributed by atoms with Gasteiger partial charge in [-0.15, -0.1) is 6.58 Å². The summed E-state index contributed by atoms with van der Waals surface area (Å²) in [4.78, 5) is 23.0. The van der Waals surface area contributed by atoms with Crippen molar-refractivity contribution in [3.8, 4) is 0 Å². The van der Waals surface area contributed by atoms with Gasteiger partial charge in [-0.2, -0.15) is 4.39 Å². The first-order valence-electron chi connectivity index (χ1n) is 5.85. The molecule has 0 saturated heterocycles. The van der Waals surface area contributed by atoms with E-state index in [2.05, 4.69) is 6.58 Å². The molecule has 1 aromatic rings. The fraction of sp³-hybridized carbons (Fsp3) is 0.308. The standard InChI is InChI=1S/C13H14F2N2O3/c1-4-7-16(8(2)3)13(18)11-9(14)5-6-10(12(11)15)17(19)20/h4-6,8H,1,7H2,2-3H3. The van der Waals surface area contributed by atoms with E-state index < -0.39 is 33.7 Å². The van der Waals surface area contributed by atoms with E-state index in [0.717, 1.165) is 4.90 Å². The van der Waals surface area contributed by atoms with E-state index in [1.807, 2.05) is 0 Å². The van der Waals surface area contributed by atoms with Gasteiger partial charge in [-0.1, -0.05) is 6.08 Å². The van der Waals surface area contributed by atoms with Crippen molar-refractivity contribution < 1.29 is 18.5 Å². The number of halogens is 2. The lowest BCUT2D eigenvalue weighted by Gasteiger charge is -2.25. The zero-order valence-corrected chi connectivity index (χ0v) is 11.1. The third-order valence-electron chi connectivity index (χ3n) is 2.69. The number of nitro benzene ring substituents is 1. The summed E-state index contributed by atoms with van der Waals surface area (Å²) in [5, 5.41) is 10.6. The zero-order chi connectivity index (χ0) is 15.4. The Morgan fingerprint density at radius 3 is 2.55 bits per heavy atom. The molecular weight excluding hydrogens is 270 g/mol. The summed E-state index contributed by atoms with van der Waals surface area (Å²) in [6, 6.07) is 1.06. The molecule has 0 spiro atoms. The minimum Gasteiger partial charge on any atom is -0.332 e. The average Bonchev–Trinajstić information content (AvgIpc) is 2.34. The van der Waals surface area contributed by atoms with Crippen LogP contribution in [0.15, 0.2) is 24.8 Å². The highest BCUT2D eigenvalue weighted by Crippen LogP contribution is 2.24. The highest BCUT2D eigenvalue weighted by molar-refractivity contribution is 5.95. The molecule has 1 rings (SSSR count). The molecule has 0 atom stereocenters. The number of benzene rings is 1. The first-order valence-corrected chi connectivity index (χ1v) is 5.85. The summed E-state index contributed by atoms with van der Waals surface area (Å²) in [7, 11) is 0.